The van der Waals surface area contributed by atoms with Crippen molar-refractivity contribution in [2.45, 2.75) is 79.1 Å². The summed E-state index contributed by atoms with van der Waals surface area (Å²) >= 11 is 0. The van der Waals surface area contributed by atoms with Gasteiger partial charge in [-0.25, -0.2) is 0 Å². The van der Waals surface area contributed by atoms with Crippen molar-refractivity contribution in [3.63, 3.8) is 0 Å². The van der Waals surface area contributed by atoms with E-state index in [1.807, 2.05) is 0 Å². The lowest BCUT2D eigenvalue weighted by molar-refractivity contribution is 0.0647. The van der Waals surface area contributed by atoms with E-state index in [1.165, 1.54) is 51.4 Å². The number of hydrogen-bond acceptors (Lipinski definition) is 0. The van der Waals surface area contributed by atoms with Crippen molar-refractivity contribution in [1.82, 2.24) is 0 Å². The standard InChI is InChI=1S/C18H32/c1-17(2)13-11-15(17)9-7-5-6-8-10-16-12-14-18(16,3)4/h5-6,15-16H,7-14H2,1-4H3. The van der Waals surface area contributed by atoms with E-state index in [0.717, 1.165) is 11.8 Å². The van der Waals surface area contributed by atoms with Gasteiger partial charge < -0.3 is 0 Å². The molecule has 0 aromatic rings. The molecule has 0 amide bonds. The van der Waals surface area contributed by atoms with Gasteiger partial charge in [-0.3, -0.25) is 0 Å². The Balaban J connectivity index is 1.53. The first-order valence-corrected chi connectivity index (χ1v) is 8.07. The lowest BCUT2D eigenvalue weighted by Gasteiger charge is -2.45. The van der Waals surface area contributed by atoms with Gasteiger partial charge in [0.2, 0.25) is 0 Å². The van der Waals surface area contributed by atoms with Crippen LogP contribution in [-0.2, 0) is 0 Å². The van der Waals surface area contributed by atoms with Gasteiger partial charge in [-0.1, -0.05) is 39.8 Å². The molecule has 0 nitrogen and oxygen atoms in total. The maximum atomic E-state index is 2.44. The van der Waals surface area contributed by atoms with E-state index < -0.39 is 0 Å². The first-order chi connectivity index (χ1) is 8.42. The van der Waals surface area contributed by atoms with Crippen LogP contribution in [0.3, 0.4) is 0 Å². The third kappa shape index (κ3) is 3.19. The molecule has 0 aliphatic heterocycles. The van der Waals surface area contributed by atoms with E-state index in [2.05, 4.69) is 39.8 Å². The zero-order valence-electron chi connectivity index (χ0n) is 13.0. The van der Waals surface area contributed by atoms with Gasteiger partial charge in [0.1, 0.15) is 0 Å². The fourth-order valence-corrected chi connectivity index (χ4v) is 3.75. The third-order valence-corrected chi connectivity index (χ3v) is 6.01. The molecule has 0 heteroatoms. The summed E-state index contributed by atoms with van der Waals surface area (Å²) in [5, 5.41) is 0. The van der Waals surface area contributed by atoms with Crippen LogP contribution in [0.4, 0.5) is 0 Å². The summed E-state index contributed by atoms with van der Waals surface area (Å²) < 4.78 is 0. The second kappa shape index (κ2) is 5.39. The Hall–Kier alpha value is -0.260. The molecule has 0 spiro atoms. The van der Waals surface area contributed by atoms with Gasteiger partial charge in [0, 0.05) is 0 Å². The molecule has 2 unspecified atom stereocenters. The number of allylic oxidation sites excluding steroid dienone is 2. The summed E-state index contributed by atoms with van der Waals surface area (Å²) in [5.41, 5.74) is 1.29. The summed E-state index contributed by atoms with van der Waals surface area (Å²) in [7, 11) is 0. The molecule has 2 rings (SSSR count). The first kappa shape index (κ1) is 14.2. The number of rotatable bonds is 6. The Morgan fingerprint density at radius 2 is 1.17 bits per heavy atom. The highest BCUT2D eigenvalue weighted by Gasteiger charge is 2.37. The molecule has 0 heterocycles. The summed E-state index contributed by atoms with van der Waals surface area (Å²) in [4.78, 5) is 0. The highest BCUT2D eigenvalue weighted by atomic mass is 14.4. The molecule has 0 bridgehead atoms. The quantitative estimate of drug-likeness (QED) is 0.508. The fraction of sp³-hybridized carbons (Fsp3) is 0.889. The lowest BCUT2D eigenvalue weighted by atomic mass is 9.61. The van der Waals surface area contributed by atoms with Crippen LogP contribution in [0.1, 0.15) is 79.1 Å². The molecule has 2 fully saturated rings. The maximum absolute atomic E-state index is 2.44. The zero-order valence-corrected chi connectivity index (χ0v) is 13.0. The minimum Gasteiger partial charge on any atom is -0.0885 e. The minimum atomic E-state index is 0.643. The second-order valence-corrected chi connectivity index (χ2v) is 8.07. The SMILES string of the molecule is CC1(C)CCC1CCC=CCCC1CCC1(C)C. The van der Waals surface area contributed by atoms with Crippen LogP contribution >= 0.6 is 0 Å². The van der Waals surface area contributed by atoms with Gasteiger partial charge >= 0.3 is 0 Å². The molecule has 2 aliphatic rings. The molecule has 0 saturated heterocycles. The maximum Gasteiger partial charge on any atom is -0.0326 e. The monoisotopic (exact) mass is 248 g/mol. The summed E-state index contributed by atoms with van der Waals surface area (Å²) in [6.07, 6.45) is 16.2. The van der Waals surface area contributed by atoms with Crippen LogP contribution < -0.4 is 0 Å². The predicted octanol–water partition coefficient (Wildman–Crippen LogP) is 5.98. The molecular weight excluding hydrogens is 216 g/mol. The average Bonchev–Trinajstić information content (AvgIpc) is 2.29. The van der Waals surface area contributed by atoms with Gasteiger partial charge in [0.25, 0.3) is 0 Å². The van der Waals surface area contributed by atoms with Crippen molar-refractivity contribution in [3.8, 4) is 0 Å². The summed E-state index contributed by atoms with van der Waals surface area (Å²) in [6, 6.07) is 0. The van der Waals surface area contributed by atoms with Crippen molar-refractivity contribution < 1.29 is 0 Å². The topological polar surface area (TPSA) is 0 Å². The van der Waals surface area contributed by atoms with Crippen molar-refractivity contribution in [2.24, 2.45) is 22.7 Å². The van der Waals surface area contributed by atoms with Crippen molar-refractivity contribution in [1.29, 1.82) is 0 Å². The van der Waals surface area contributed by atoms with Gasteiger partial charge in [0.05, 0.1) is 0 Å². The van der Waals surface area contributed by atoms with Crippen molar-refractivity contribution in [3.05, 3.63) is 12.2 Å². The molecular formula is C18H32. The van der Waals surface area contributed by atoms with Gasteiger partial charge in [0.15, 0.2) is 0 Å². The Morgan fingerprint density at radius 1 is 0.778 bits per heavy atom. The van der Waals surface area contributed by atoms with E-state index in [-0.39, 0.29) is 0 Å². The molecule has 104 valence electrons. The van der Waals surface area contributed by atoms with Gasteiger partial charge in [-0.15, -0.1) is 0 Å². The van der Waals surface area contributed by atoms with Crippen LogP contribution in [0.5, 0.6) is 0 Å². The van der Waals surface area contributed by atoms with Crippen LogP contribution in [0.2, 0.25) is 0 Å². The van der Waals surface area contributed by atoms with E-state index in [4.69, 9.17) is 0 Å². The second-order valence-electron chi connectivity index (χ2n) is 8.07. The minimum absolute atomic E-state index is 0.643. The fourth-order valence-electron chi connectivity index (χ4n) is 3.75. The van der Waals surface area contributed by atoms with Crippen LogP contribution in [0, 0.1) is 22.7 Å². The largest absolute Gasteiger partial charge is 0.0885 e. The Labute approximate surface area is 114 Å². The normalized spacial score (nSPS) is 33.1. The molecule has 18 heavy (non-hydrogen) atoms. The predicted molar refractivity (Wildman–Crippen MR) is 80.6 cm³/mol. The molecule has 0 aromatic heterocycles. The van der Waals surface area contributed by atoms with Crippen LogP contribution in [-0.4, -0.2) is 0 Å². The van der Waals surface area contributed by atoms with Gasteiger partial charge in [-0.05, 0) is 74.0 Å². The van der Waals surface area contributed by atoms with E-state index in [9.17, 15) is 0 Å². The Morgan fingerprint density at radius 3 is 1.39 bits per heavy atom. The molecule has 0 N–H and O–H groups in total. The van der Waals surface area contributed by atoms with Crippen LogP contribution in [0.15, 0.2) is 12.2 Å². The highest BCUT2D eigenvalue weighted by Crippen LogP contribution is 2.49. The van der Waals surface area contributed by atoms with Crippen molar-refractivity contribution in [2.75, 3.05) is 0 Å². The molecule has 2 atom stereocenters. The molecule has 2 saturated carbocycles. The first-order valence-electron chi connectivity index (χ1n) is 8.07. The smallest absolute Gasteiger partial charge is 0.0326 e. The van der Waals surface area contributed by atoms with Crippen molar-refractivity contribution >= 4 is 0 Å². The zero-order chi connectivity index (χ0) is 13.2. The molecule has 0 aromatic carbocycles. The van der Waals surface area contributed by atoms with Crippen LogP contribution in [0.25, 0.3) is 0 Å². The van der Waals surface area contributed by atoms with E-state index in [1.54, 1.807) is 0 Å². The Bertz CT molecular complexity index is 265. The van der Waals surface area contributed by atoms with Gasteiger partial charge in [-0.2, -0.15) is 0 Å². The summed E-state index contributed by atoms with van der Waals surface area (Å²) in [6.45, 7) is 9.74. The molecule has 2 aliphatic carbocycles. The average molecular weight is 248 g/mol. The lowest BCUT2D eigenvalue weighted by Crippen LogP contribution is -2.34. The van der Waals surface area contributed by atoms with E-state index >= 15 is 0 Å². The third-order valence-electron chi connectivity index (χ3n) is 6.01. The molecule has 0 radical (unpaired) electrons. The highest BCUT2D eigenvalue weighted by molar-refractivity contribution is 4.93. The number of hydrogen-bond donors (Lipinski definition) is 0. The van der Waals surface area contributed by atoms with E-state index in [0.29, 0.717) is 10.8 Å². The summed E-state index contributed by atoms with van der Waals surface area (Å²) in [5.74, 6) is 1.99. The Kier molecular flexibility index (Phi) is 4.24.